The van der Waals surface area contributed by atoms with Gasteiger partial charge in [-0.15, -0.1) is 0 Å². The molecule has 1 aromatic heterocycles. The zero-order chi connectivity index (χ0) is 12.4. The SMILES string of the molecule is COc1ccc(-c2ccc3ccccc3[se+]2)cc1. The first-order valence-electron chi connectivity index (χ1n) is 5.83. The summed E-state index contributed by atoms with van der Waals surface area (Å²) < 4.78 is 8.07. The molecule has 0 aliphatic heterocycles. The maximum atomic E-state index is 5.19. The molecule has 2 aromatic carbocycles. The second-order valence-corrected chi connectivity index (χ2v) is 6.34. The third-order valence-corrected chi connectivity index (χ3v) is 5.41. The Balaban J connectivity index is 2.07. The van der Waals surface area contributed by atoms with Crippen LogP contribution in [-0.2, 0) is 0 Å². The van der Waals surface area contributed by atoms with E-state index in [1.54, 1.807) is 7.11 Å². The van der Waals surface area contributed by atoms with Crippen molar-refractivity contribution in [1.29, 1.82) is 0 Å². The van der Waals surface area contributed by atoms with Crippen molar-refractivity contribution in [1.82, 2.24) is 0 Å². The predicted octanol–water partition coefficient (Wildman–Crippen LogP) is 3.85. The van der Waals surface area contributed by atoms with Crippen molar-refractivity contribution >= 4 is 24.1 Å². The van der Waals surface area contributed by atoms with Crippen LogP contribution in [0.5, 0.6) is 5.75 Å². The van der Waals surface area contributed by atoms with E-state index < -0.39 is 0 Å². The van der Waals surface area contributed by atoms with Gasteiger partial charge in [-0.05, 0) is 0 Å². The molecule has 88 valence electrons. The second-order valence-electron chi connectivity index (χ2n) is 4.07. The first-order chi connectivity index (χ1) is 8.86. The van der Waals surface area contributed by atoms with Gasteiger partial charge in [-0.1, -0.05) is 0 Å². The summed E-state index contributed by atoms with van der Waals surface area (Å²) >= 11 is 0.389. The molecule has 0 aliphatic carbocycles. The third-order valence-electron chi connectivity index (χ3n) is 2.93. The Labute approximate surface area is 112 Å². The van der Waals surface area contributed by atoms with E-state index in [0.717, 1.165) is 5.75 Å². The van der Waals surface area contributed by atoms with Crippen molar-refractivity contribution in [2.24, 2.45) is 0 Å². The number of methoxy groups -OCH3 is 1. The molecule has 1 heterocycles. The molecule has 3 rings (SSSR count). The second kappa shape index (κ2) is 4.93. The van der Waals surface area contributed by atoms with Crippen molar-refractivity contribution in [3.8, 4) is 15.8 Å². The van der Waals surface area contributed by atoms with Crippen LogP contribution in [0, 0.1) is 0 Å². The van der Waals surface area contributed by atoms with E-state index in [2.05, 4.69) is 48.5 Å². The van der Waals surface area contributed by atoms with Crippen LogP contribution >= 0.6 is 0 Å². The van der Waals surface area contributed by atoms with E-state index in [1.165, 1.54) is 19.6 Å². The number of ether oxygens (including phenoxy) is 1. The fourth-order valence-corrected chi connectivity index (χ4v) is 4.10. The summed E-state index contributed by atoms with van der Waals surface area (Å²) in [4.78, 5) is 0. The van der Waals surface area contributed by atoms with E-state index in [0.29, 0.717) is 14.5 Å². The Bertz CT molecular complexity index is 674. The van der Waals surface area contributed by atoms with Crippen LogP contribution in [0.4, 0.5) is 0 Å². The van der Waals surface area contributed by atoms with Crippen molar-refractivity contribution in [3.63, 3.8) is 0 Å². The summed E-state index contributed by atoms with van der Waals surface area (Å²) in [5, 5.41) is 1.36. The number of benzene rings is 2. The quantitative estimate of drug-likeness (QED) is 0.653. The van der Waals surface area contributed by atoms with Crippen LogP contribution in [-0.4, -0.2) is 21.6 Å². The van der Waals surface area contributed by atoms with Gasteiger partial charge in [0.2, 0.25) is 0 Å². The van der Waals surface area contributed by atoms with E-state index in [-0.39, 0.29) is 0 Å². The van der Waals surface area contributed by atoms with Crippen LogP contribution in [0.15, 0.2) is 60.7 Å². The average molecular weight is 300 g/mol. The molecule has 0 spiro atoms. The first kappa shape index (κ1) is 11.5. The molecule has 0 fully saturated rings. The van der Waals surface area contributed by atoms with Crippen LogP contribution in [0.2, 0.25) is 0 Å². The molecule has 0 N–H and O–H groups in total. The van der Waals surface area contributed by atoms with Crippen LogP contribution in [0.25, 0.3) is 19.6 Å². The summed E-state index contributed by atoms with van der Waals surface area (Å²) in [6.07, 6.45) is 0. The van der Waals surface area contributed by atoms with Gasteiger partial charge in [0.05, 0.1) is 0 Å². The van der Waals surface area contributed by atoms with E-state index in [1.807, 2.05) is 12.1 Å². The van der Waals surface area contributed by atoms with Crippen molar-refractivity contribution in [3.05, 3.63) is 60.7 Å². The van der Waals surface area contributed by atoms with Crippen molar-refractivity contribution in [2.75, 3.05) is 7.11 Å². The number of fused-ring (bicyclic) bond motifs is 1. The molecule has 0 saturated heterocycles. The average Bonchev–Trinajstić information content (AvgIpc) is 2.47. The van der Waals surface area contributed by atoms with E-state index in [9.17, 15) is 0 Å². The number of hydrogen-bond donors (Lipinski definition) is 0. The zero-order valence-corrected chi connectivity index (χ0v) is 11.8. The van der Waals surface area contributed by atoms with Gasteiger partial charge >= 0.3 is 112 Å². The van der Waals surface area contributed by atoms with Crippen molar-refractivity contribution in [2.45, 2.75) is 0 Å². The fraction of sp³-hybridized carbons (Fsp3) is 0.0625. The van der Waals surface area contributed by atoms with Gasteiger partial charge in [0.1, 0.15) is 0 Å². The minimum absolute atomic E-state index is 0.389. The normalized spacial score (nSPS) is 10.5. The van der Waals surface area contributed by atoms with Crippen LogP contribution in [0.1, 0.15) is 0 Å². The Kier molecular flexibility index (Phi) is 3.14. The van der Waals surface area contributed by atoms with Crippen molar-refractivity contribution < 1.29 is 4.74 Å². The Hall–Kier alpha value is -1.63. The summed E-state index contributed by atoms with van der Waals surface area (Å²) in [7, 11) is 1.70. The number of hydrogen-bond acceptors (Lipinski definition) is 1. The monoisotopic (exact) mass is 301 g/mol. The zero-order valence-electron chi connectivity index (χ0n) is 10.1. The molecule has 1 nitrogen and oxygen atoms in total. The molecule has 2 heteroatoms. The van der Waals surface area contributed by atoms with Gasteiger partial charge in [-0.3, -0.25) is 0 Å². The molecule has 18 heavy (non-hydrogen) atoms. The fourth-order valence-electron chi connectivity index (χ4n) is 1.94. The third kappa shape index (κ3) is 2.17. The molecular formula is C16H13OSe+. The first-order valence-corrected chi connectivity index (χ1v) is 7.54. The molecule has 3 aromatic rings. The minimum atomic E-state index is 0.389. The molecular weight excluding hydrogens is 287 g/mol. The summed E-state index contributed by atoms with van der Waals surface area (Å²) in [6.45, 7) is 0. The van der Waals surface area contributed by atoms with Gasteiger partial charge < -0.3 is 0 Å². The molecule has 0 saturated carbocycles. The predicted molar refractivity (Wildman–Crippen MR) is 77.3 cm³/mol. The summed E-state index contributed by atoms with van der Waals surface area (Å²) in [5.41, 5.74) is 1.29. The van der Waals surface area contributed by atoms with E-state index >= 15 is 0 Å². The van der Waals surface area contributed by atoms with Crippen LogP contribution < -0.4 is 4.74 Å². The molecule has 0 unspecified atom stereocenters. The summed E-state index contributed by atoms with van der Waals surface area (Å²) in [6, 6.07) is 21.4. The topological polar surface area (TPSA) is 9.23 Å². The maximum absolute atomic E-state index is 5.19. The van der Waals surface area contributed by atoms with E-state index in [4.69, 9.17) is 4.74 Å². The molecule has 0 radical (unpaired) electrons. The Morgan fingerprint density at radius 1 is 0.833 bits per heavy atom. The standard InChI is InChI=1S/C16H13OSe/c1-17-14-9-6-13(7-10-14)16-11-8-12-4-2-3-5-15(12)18-16/h2-11H,1H3/q+1. The molecule has 0 aliphatic rings. The Morgan fingerprint density at radius 2 is 1.61 bits per heavy atom. The molecule has 0 amide bonds. The summed E-state index contributed by atoms with van der Waals surface area (Å²) in [5.74, 6) is 0.909. The van der Waals surface area contributed by atoms with Gasteiger partial charge in [0, 0.05) is 0 Å². The van der Waals surface area contributed by atoms with Gasteiger partial charge in [0.25, 0.3) is 0 Å². The Morgan fingerprint density at radius 3 is 2.39 bits per heavy atom. The number of rotatable bonds is 2. The van der Waals surface area contributed by atoms with Gasteiger partial charge in [-0.2, -0.15) is 0 Å². The van der Waals surface area contributed by atoms with Gasteiger partial charge in [-0.25, -0.2) is 0 Å². The molecule has 0 bridgehead atoms. The molecule has 0 atom stereocenters. The van der Waals surface area contributed by atoms with Crippen LogP contribution in [0.3, 0.4) is 0 Å². The van der Waals surface area contributed by atoms with Gasteiger partial charge in [0.15, 0.2) is 0 Å².